The molecular weight excluding hydrogens is 359 g/mol. The van der Waals surface area contributed by atoms with Gasteiger partial charge in [-0.15, -0.1) is 12.4 Å². The van der Waals surface area contributed by atoms with Crippen molar-refractivity contribution in [1.29, 1.82) is 0 Å². The molecule has 25 heavy (non-hydrogen) atoms. The molecule has 1 aromatic rings. The van der Waals surface area contributed by atoms with E-state index in [1.165, 1.54) is 6.42 Å². The average Bonchev–Trinajstić information content (AvgIpc) is 3.06. The Hall–Kier alpha value is -0.850. The summed E-state index contributed by atoms with van der Waals surface area (Å²) in [6.45, 7) is 10.6. The lowest BCUT2D eigenvalue weighted by atomic mass is 10.1. The highest BCUT2D eigenvalue weighted by molar-refractivity contribution is 6.34. The van der Waals surface area contributed by atoms with Gasteiger partial charge in [0.15, 0.2) is 0 Å². The van der Waals surface area contributed by atoms with Crippen molar-refractivity contribution >= 4 is 35.6 Å². The van der Waals surface area contributed by atoms with Gasteiger partial charge in [-0.3, -0.25) is 14.6 Å². The van der Waals surface area contributed by atoms with E-state index in [-0.39, 0.29) is 18.3 Å². The zero-order valence-corrected chi connectivity index (χ0v) is 16.6. The Morgan fingerprint density at radius 2 is 2.00 bits per heavy atom. The Morgan fingerprint density at radius 1 is 1.28 bits per heavy atom. The Balaban J connectivity index is 0.00000225. The quantitative estimate of drug-likeness (QED) is 0.833. The van der Waals surface area contributed by atoms with Gasteiger partial charge in [-0.1, -0.05) is 17.7 Å². The number of anilines is 1. The topological polar surface area (TPSA) is 47.6 Å². The smallest absolute Gasteiger partial charge is 0.238 e. The highest BCUT2D eigenvalue weighted by Crippen LogP contribution is 2.27. The predicted molar refractivity (Wildman–Crippen MR) is 106 cm³/mol. The maximum absolute atomic E-state index is 12.4. The second-order valence-corrected chi connectivity index (χ2v) is 7.35. The lowest BCUT2D eigenvalue weighted by Gasteiger charge is -2.37. The zero-order chi connectivity index (χ0) is 17.1. The number of hydrogen-bond acceptors (Lipinski definition) is 4. The fourth-order valence-electron chi connectivity index (χ4n) is 3.69. The molecular formula is C18H28Cl2N4O. The molecule has 0 radical (unpaired) electrons. The van der Waals surface area contributed by atoms with Crippen LogP contribution in [0.2, 0.25) is 5.02 Å². The molecule has 2 aliphatic rings. The molecule has 2 saturated heterocycles. The van der Waals surface area contributed by atoms with Crippen LogP contribution < -0.4 is 10.6 Å². The van der Waals surface area contributed by atoms with Crippen molar-refractivity contribution in [2.24, 2.45) is 0 Å². The first-order valence-electron chi connectivity index (χ1n) is 8.76. The lowest BCUT2D eigenvalue weighted by Crippen LogP contribution is -2.52. The summed E-state index contributed by atoms with van der Waals surface area (Å²) in [7, 11) is 0. The first kappa shape index (κ1) is 20.5. The molecule has 1 atom stereocenters. The minimum atomic E-state index is 0. The van der Waals surface area contributed by atoms with Crippen LogP contribution in [-0.4, -0.2) is 67.6 Å². The molecule has 1 aromatic carbocycles. The number of carbonyl (C=O) groups is 1. The molecule has 0 spiro atoms. The fraction of sp³-hybridized carbons (Fsp3) is 0.611. The Morgan fingerprint density at radius 3 is 2.60 bits per heavy atom. The average molecular weight is 387 g/mol. The summed E-state index contributed by atoms with van der Waals surface area (Å²) in [6, 6.07) is 4.60. The lowest BCUT2D eigenvalue weighted by molar-refractivity contribution is -0.117. The van der Waals surface area contributed by atoms with Crippen LogP contribution in [0.25, 0.3) is 0 Å². The van der Waals surface area contributed by atoms with E-state index in [0.29, 0.717) is 17.6 Å². The number of benzene rings is 1. The number of amides is 1. The van der Waals surface area contributed by atoms with Crippen molar-refractivity contribution in [3.8, 4) is 0 Å². The predicted octanol–water partition coefficient (Wildman–Crippen LogP) is 2.30. The standard InChI is InChI=1S/C18H27ClN4O.ClH/c1-13-9-14(2)18(16(19)10-13)21-17(24)12-22-5-7-23(8-6-22)15-3-4-20-11-15;/h9-10,15,20H,3-8,11-12H2,1-2H3,(H,21,24);1H. The van der Waals surface area contributed by atoms with Gasteiger partial charge < -0.3 is 10.6 Å². The second-order valence-electron chi connectivity index (χ2n) is 6.95. The van der Waals surface area contributed by atoms with Crippen LogP contribution in [0.4, 0.5) is 5.69 Å². The number of carbonyl (C=O) groups excluding carboxylic acids is 1. The molecule has 5 nitrogen and oxygen atoms in total. The fourth-order valence-corrected chi connectivity index (χ4v) is 4.06. The van der Waals surface area contributed by atoms with Crippen LogP contribution in [0.5, 0.6) is 0 Å². The molecule has 2 heterocycles. The minimum absolute atomic E-state index is 0. The molecule has 2 N–H and O–H groups in total. The molecule has 2 aliphatic heterocycles. The molecule has 7 heteroatoms. The van der Waals surface area contributed by atoms with Gasteiger partial charge in [-0.05, 0) is 44.0 Å². The third kappa shape index (κ3) is 5.31. The summed E-state index contributed by atoms with van der Waals surface area (Å²) >= 11 is 6.27. The van der Waals surface area contributed by atoms with Crippen molar-refractivity contribution in [3.63, 3.8) is 0 Å². The second kappa shape index (κ2) is 9.19. The highest BCUT2D eigenvalue weighted by Gasteiger charge is 2.26. The van der Waals surface area contributed by atoms with E-state index < -0.39 is 0 Å². The number of aryl methyl sites for hydroxylation is 2. The van der Waals surface area contributed by atoms with Gasteiger partial charge in [-0.25, -0.2) is 0 Å². The Kier molecular flexibility index (Phi) is 7.52. The monoisotopic (exact) mass is 386 g/mol. The largest absolute Gasteiger partial charge is 0.323 e. The minimum Gasteiger partial charge on any atom is -0.323 e. The van der Waals surface area contributed by atoms with Gasteiger partial charge >= 0.3 is 0 Å². The molecule has 1 unspecified atom stereocenters. The molecule has 1 amide bonds. The summed E-state index contributed by atoms with van der Waals surface area (Å²) in [4.78, 5) is 17.2. The van der Waals surface area contributed by atoms with Crippen molar-refractivity contribution in [1.82, 2.24) is 15.1 Å². The highest BCUT2D eigenvalue weighted by atomic mass is 35.5. The number of piperazine rings is 1. The van der Waals surface area contributed by atoms with Crippen LogP contribution in [0.3, 0.4) is 0 Å². The van der Waals surface area contributed by atoms with Crippen LogP contribution in [0.1, 0.15) is 17.5 Å². The maximum Gasteiger partial charge on any atom is 0.238 e. The summed E-state index contributed by atoms with van der Waals surface area (Å²) in [5.74, 6) is 0.0137. The van der Waals surface area contributed by atoms with Crippen molar-refractivity contribution < 1.29 is 4.79 Å². The molecule has 3 rings (SSSR count). The summed E-state index contributed by atoms with van der Waals surface area (Å²) in [5.41, 5.74) is 2.85. The third-order valence-electron chi connectivity index (χ3n) is 5.02. The van der Waals surface area contributed by atoms with Gasteiger partial charge in [0, 0.05) is 38.8 Å². The van der Waals surface area contributed by atoms with Crippen molar-refractivity contribution in [2.45, 2.75) is 26.3 Å². The van der Waals surface area contributed by atoms with E-state index in [9.17, 15) is 4.79 Å². The van der Waals surface area contributed by atoms with E-state index in [0.717, 1.165) is 56.1 Å². The zero-order valence-electron chi connectivity index (χ0n) is 15.0. The third-order valence-corrected chi connectivity index (χ3v) is 5.32. The van der Waals surface area contributed by atoms with Gasteiger partial charge in [-0.2, -0.15) is 0 Å². The molecule has 140 valence electrons. The Bertz CT molecular complexity index is 574. The molecule has 0 aliphatic carbocycles. The van der Waals surface area contributed by atoms with Crippen LogP contribution in [0.15, 0.2) is 12.1 Å². The number of halogens is 2. The van der Waals surface area contributed by atoms with E-state index in [1.807, 2.05) is 26.0 Å². The van der Waals surface area contributed by atoms with Crippen molar-refractivity contribution in [2.75, 3.05) is 51.1 Å². The van der Waals surface area contributed by atoms with Gasteiger partial charge in [0.1, 0.15) is 0 Å². The SMILES string of the molecule is Cc1cc(C)c(NC(=O)CN2CCN(C3CCNC3)CC2)c(Cl)c1.Cl. The van der Waals surface area contributed by atoms with Gasteiger partial charge in [0.2, 0.25) is 5.91 Å². The molecule has 0 bridgehead atoms. The van der Waals surface area contributed by atoms with Crippen LogP contribution >= 0.6 is 24.0 Å². The number of nitrogens with one attached hydrogen (secondary N) is 2. The molecule has 0 saturated carbocycles. The number of nitrogens with zero attached hydrogens (tertiary/aromatic N) is 2. The van der Waals surface area contributed by atoms with Gasteiger partial charge in [0.05, 0.1) is 17.3 Å². The summed E-state index contributed by atoms with van der Waals surface area (Å²) in [6.07, 6.45) is 1.24. The summed E-state index contributed by atoms with van der Waals surface area (Å²) < 4.78 is 0. The van der Waals surface area contributed by atoms with E-state index >= 15 is 0 Å². The van der Waals surface area contributed by atoms with E-state index in [1.54, 1.807) is 0 Å². The summed E-state index contributed by atoms with van der Waals surface area (Å²) in [5, 5.41) is 7.02. The number of hydrogen-bond donors (Lipinski definition) is 2. The number of rotatable bonds is 4. The van der Waals surface area contributed by atoms with E-state index in [4.69, 9.17) is 11.6 Å². The van der Waals surface area contributed by atoms with Crippen molar-refractivity contribution in [3.05, 3.63) is 28.3 Å². The first-order chi connectivity index (χ1) is 11.5. The molecule has 2 fully saturated rings. The maximum atomic E-state index is 12.4. The van der Waals surface area contributed by atoms with E-state index in [2.05, 4.69) is 20.4 Å². The van der Waals surface area contributed by atoms with Gasteiger partial charge in [0.25, 0.3) is 0 Å². The molecule has 0 aromatic heterocycles. The first-order valence-corrected chi connectivity index (χ1v) is 9.14. The Labute approximate surface area is 161 Å². The van der Waals surface area contributed by atoms with Crippen LogP contribution in [-0.2, 0) is 4.79 Å². The normalized spacial score (nSPS) is 21.8. The van der Waals surface area contributed by atoms with Crippen LogP contribution in [0, 0.1) is 13.8 Å².